The number of allylic oxidation sites excluding steroid dienone is 1. The Kier molecular flexibility index (Phi) is 11.9. The molecule has 0 aliphatic heterocycles. The van der Waals surface area contributed by atoms with Crippen LogP contribution in [-0.2, 0) is 16.1 Å². The number of para-hydroxylation sites is 1. The van der Waals surface area contributed by atoms with Crippen molar-refractivity contribution in [2.24, 2.45) is 0 Å². The summed E-state index contributed by atoms with van der Waals surface area (Å²) in [5.74, 6) is 1.12. The summed E-state index contributed by atoms with van der Waals surface area (Å²) in [5.41, 5.74) is 2.47. The van der Waals surface area contributed by atoms with E-state index in [9.17, 15) is 9.59 Å². The quantitative estimate of drug-likeness (QED) is 0.179. The van der Waals surface area contributed by atoms with Gasteiger partial charge in [-0.2, -0.15) is 0 Å². The van der Waals surface area contributed by atoms with Crippen molar-refractivity contribution in [3.05, 3.63) is 90.2 Å². The second kappa shape index (κ2) is 15.2. The van der Waals surface area contributed by atoms with Crippen LogP contribution in [0, 0.1) is 0 Å². The molecule has 0 fully saturated rings. The van der Waals surface area contributed by atoms with Crippen LogP contribution in [-0.4, -0.2) is 37.0 Å². The van der Waals surface area contributed by atoms with Crippen molar-refractivity contribution in [2.45, 2.75) is 40.2 Å². The second-order valence-corrected chi connectivity index (χ2v) is 7.47. The minimum absolute atomic E-state index is 0.0695. The summed E-state index contributed by atoms with van der Waals surface area (Å²) in [6, 6.07) is 18.8. The lowest BCUT2D eigenvalue weighted by Gasteiger charge is -2.19. The Morgan fingerprint density at radius 3 is 2.43 bits per heavy atom. The summed E-state index contributed by atoms with van der Waals surface area (Å²) < 4.78 is 16.2. The van der Waals surface area contributed by atoms with Crippen molar-refractivity contribution in [3.8, 4) is 17.1 Å². The molecule has 1 aromatic heterocycles. The number of unbranched alkanes of at least 4 members (excludes halogenated alkanes) is 1. The zero-order valence-electron chi connectivity index (χ0n) is 21.0. The summed E-state index contributed by atoms with van der Waals surface area (Å²) in [4.78, 5) is 25.9. The Balaban J connectivity index is 0.00000210. The van der Waals surface area contributed by atoms with Crippen LogP contribution in [0.15, 0.2) is 83.5 Å². The predicted molar refractivity (Wildman–Crippen MR) is 138 cm³/mol. The summed E-state index contributed by atoms with van der Waals surface area (Å²) in [6.07, 6.45) is 6.34. The summed E-state index contributed by atoms with van der Waals surface area (Å²) in [6.45, 7) is 7.09. The van der Waals surface area contributed by atoms with E-state index in [-0.39, 0.29) is 11.9 Å². The van der Waals surface area contributed by atoms with Crippen LogP contribution in [0.1, 0.15) is 49.5 Å². The average molecular weight is 478 g/mol. The zero-order valence-corrected chi connectivity index (χ0v) is 21.0. The lowest BCUT2D eigenvalue weighted by atomic mass is 10.1. The number of amides is 1. The van der Waals surface area contributed by atoms with Crippen LogP contribution in [0.5, 0.6) is 5.75 Å². The maximum absolute atomic E-state index is 12.9. The van der Waals surface area contributed by atoms with Crippen molar-refractivity contribution in [1.29, 1.82) is 0 Å². The fourth-order valence-electron chi connectivity index (χ4n) is 3.30. The SMILES string of the molecule is CC.CCOC(=O)/C=C/CCCOc1ccccc1CN(C)C(=O)c1ccc(-c2ccco2)cc1. The van der Waals surface area contributed by atoms with Crippen LogP contribution in [0.3, 0.4) is 0 Å². The van der Waals surface area contributed by atoms with E-state index in [1.165, 1.54) is 6.08 Å². The number of esters is 1. The monoisotopic (exact) mass is 477 g/mol. The highest BCUT2D eigenvalue weighted by Crippen LogP contribution is 2.23. The molecule has 0 spiro atoms. The fourth-order valence-corrected chi connectivity index (χ4v) is 3.30. The Morgan fingerprint density at radius 2 is 1.74 bits per heavy atom. The van der Waals surface area contributed by atoms with Gasteiger partial charge in [0.1, 0.15) is 11.5 Å². The molecule has 0 saturated heterocycles. The lowest BCUT2D eigenvalue weighted by Crippen LogP contribution is -2.26. The largest absolute Gasteiger partial charge is 0.493 e. The first-order valence-corrected chi connectivity index (χ1v) is 12.0. The molecular formula is C29H35NO5. The molecule has 0 N–H and O–H groups in total. The van der Waals surface area contributed by atoms with Crippen LogP contribution in [0.25, 0.3) is 11.3 Å². The number of benzene rings is 2. The normalized spacial score (nSPS) is 10.4. The minimum Gasteiger partial charge on any atom is -0.493 e. The van der Waals surface area contributed by atoms with Crippen molar-refractivity contribution < 1.29 is 23.5 Å². The van der Waals surface area contributed by atoms with Gasteiger partial charge in [-0.05, 0) is 50.1 Å². The molecule has 6 heteroatoms. The number of carbonyl (C=O) groups excluding carboxylic acids is 2. The highest BCUT2D eigenvalue weighted by Gasteiger charge is 2.14. The molecule has 0 saturated carbocycles. The zero-order chi connectivity index (χ0) is 25.5. The average Bonchev–Trinajstić information content (AvgIpc) is 3.43. The second-order valence-electron chi connectivity index (χ2n) is 7.47. The van der Waals surface area contributed by atoms with Crippen LogP contribution >= 0.6 is 0 Å². The van der Waals surface area contributed by atoms with E-state index < -0.39 is 0 Å². The van der Waals surface area contributed by atoms with E-state index in [0.717, 1.165) is 29.1 Å². The Morgan fingerprint density at radius 1 is 1.00 bits per heavy atom. The van der Waals surface area contributed by atoms with E-state index in [1.54, 1.807) is 31.2 Å². The summed E-state index contributed by atoms with van der Waals surface area (Å²) in [5, 5.41) is 0. The first-order valence-electron chi connectivity index (χ1n) is 12.0. The molecule has 1 heterocycles. The lowest BCUT2D eigenvalue weighted by molar-refractivity contribution is -0.137. The van der Waals surface area contributed by atoms with E-state index in [0.29, 0.717) is 31.7 Å². The van der Waals surface area contributed by atoms with Gasteiger partial charge in [-0.1, -0.05) is 50.3 Å². The molecule has 186 valence electrons. The molecule has 0 unspecified atom stereocenters. The summed E-state index contributed by atoms with van der Waals surface area (Å²) in [7, 11) is 1.78. The standard InChI is InChI=1S/C27H29NO5.C2H6/c1-3-31-26(29)13-5-4-8-18-32-25-11-7-6-10-23(25)20-28(2)27(30)22-16-14-21(15-17-22)24-12-9-19-33-24;1-2/h5-7,9-17,19H,3-4,8,18,20H2,1-2H3;1-2H3/b13-5+;. The molecule has 0 aliphatic rings. The number of hydrogen-bond acceptors (Lipinski definition) is 5. The van der Waals surface area contributed by atoms with Crippen molar-refractivity contribution in [2.75, 3.05) is 20.3 Å². The molecule has 35 heavy (non-hydrogen) atoms. The Bertz CT molecular complexity index is 1050. The van der Waals surface area contributed by atoms with E-state index in [2.05, 4.69) is 0 Å². The van der Waals surface area contributed by atoms with Crippen LogP contribution < -0.4 is 4.74 Å². The third kappa shape index (κ3) is 8.81. The molecule has 2 aromatic carbocycles. The third-order valence-electron chi connectivity index (χ3n) is 4.98. The molecule has 1 amide bonds. The van der Waals surface area contributed by atoms with Gasteiger partial charge in [0.05, 0.1) is 19.5 Å². The number of ether oxygens (including phenoxy) is 2. The maximum Gasteiger partial charge on any atom is 0.330 e. The number of carbonyl (C=O) groups is 2. The highest BCUT2D eigenvalue weighted by atomic mass is 16.5. The van der Waals surface area contributed by atoms with Gasteiger partial charge in [0.15, 0.2) is 0 Å². The Labute approximate surface area is 208 Å². The molecular weight excluding hydrogens is 442 g/mol. The molecule has 0 atom stereocenters. The maximum atomic E-state index is 12.9. The summed E-state index contributed by atoms with van der Waals surface area (Å²) >= 11 is 0. The smallest absolute Gasteiger partial charge is 0.330 e. The molecule has 0 bridgehead atoms. The van der Waals surface area contributed by atoms with Gasteiger partial charge in [0.2, 0.25) is 0 Å². The number of rotatable bonds is 11. The van der Waals surface area contributed by atoms with E-state index >= 15 is 0 Å². The number of hydrogen-bond donors (Lipinski definition) is 0. The van der Waals surface area contributed by atoms with Gasteiger partial charge >= 0.3 is 5.97 Å². The first kappa shape index (κ1) is 27.4. The van der Waals surface area contributed by atoms with E-state index in [4.69, 9.17) is 13.9 Å². The van der Waals surface area contributed by atoms with E-state index in [1.807, 2.05) is 74.5 Å². The molecule has 3 aromatic rings. The van der Waals surface area contributed by atoms with Crippen molar-refractivity contribution in [3.63, 3.8) is 0 Å². The molecule has 0 radical (unpaired) electrons. The number of furan rings is 1. The molecule has 0 aliphatic carbocycles. The van der Waals surface area contributed by atoms with Crippen molar-refractivity contribution >= 4 is 11.9 Å². The molecule has 6 nitrogen and oxygen atoms in total. The van der Waals surface area contributed by atoms with Gasteiger partial charge < -0.3 is 18.8 Å². The molecule has 3 rings (SSSR count). The Hall–Kier alpha value is -3.80. The highest BCUT2D eigenvalue weighted by molar-refractivity contribution is 5.94. The van der Waals surface area contributed by atoms with Crippen molar-refractivity contribution in [1.82, 2.24) is 4.90 Å². The van der Waals surface area contributed by atoms with Gasteiger partial charge in [0, 0.05) is 36.4 Å². The van der Waals surface area contributed by atoms with Gasteiger partial charge in [-0.25, -0.2) is 4.79 Å². The topological polar surface area (TPSA) is 69.0 Å². The van der Waals surface area contributed by atoms with Gasteiger partial charge in [-0.15, -0.1) is 0 Å². The fraction of sp³-hybridized carbons (Fsp3) is 0.310. The van der Waals surface area contributed by atoms with Crippen LogP contribution in [0.2, 0.25) is 0 Å². The predicted octanol–water partition coefficient (Wildman–Crippen LogP) is 6.52. The minimum atomic E-state index is -0.327. The van der Waals surface area contributed by atoms with Gasteiger partial charge in [-0.3, -0.25) is 4.79 Å². The first-order chi connectivity index (χ1) is 17.1. The third-order valence-corrected chi connectivity index (χ3v) is 4.98. The number of nitrogens with zero attached hydrogens (tertiary/aromatic N) is 1. The van der Waals surface area contributed by atoms with Gasteiger partial charge in [0.25, 0.3) is 5.91 Å². The van der Waals surface area contributed by atoms with Crippen LogP contribution in [0.4, 0.5) is 0 Å².